The molecule has 0 bridgehead atoms. The van der Waals surface area contributed by atoms with E-state index < -0.39 is 11.2 Å². The lowest BCUT2D eigenvalue weighted by Crippen LogP contribution is -2.22. The molecule has 1 unspecified atom stereocenters. The molecule has 0 aromatic carbocycles. The number of nitrogens with zero attached hydrogens (tertiary/aromatic N) is 2. The van der Waals surface area contributed by atoms with E-state index in [1.54, 1.807) is 19.1 Å². The molecule has 0 fully saturated rings. The second-order valence-electron chi connectivity index (χ2n) is 4.07. The Kier molecular flexibility index (Phi) is 4.53. The Hall–Kier alpha value is -1.54. The van der Waals surface area contributed by atoms with Gasteiger partial charge in [0.05, 0.1) is 16.7 Å². The largest absolute Gasteiger partial charge is 0.480 e. The van der Waals surface area contributed by atoms with Crippen LogP contribution >= 0.6 is 11.8 Å². The van der Waals surface area contributed by atoms with Crippen molar-refractivity contribution in [3.8, 4) is 6.07 Å². The number of aryl methyl sites for hydroxylation is 1. The number of aliphatic carboxylic acids is 1. The molecule has 17 heavy (non-hydrogen) atoms. The highest BCUT2D eigenvalue weighted by Crippen LogP contribution is 2.27. The predicted octanol–water partition coefficient (Wildman–Crippen LogP) is 2.46. The maximum atomic E-state index is 11.1. The molecule has 0 aliphatic carbocycles. The highest BCUT2D eigenvalue weighted by Gasteiger charge is 2.23. The van der Waals surface area contributed by atoms with Gasteiger partial charge in [0.15, 0.2) is 0 Å². The first kappa shape index (κ1) is 13.5. The van der Waals surface area contributed by atoms with Gasteiger partial charge in [0.2, 0.25) is 0 Å². The minimum Gasteiger partial charge on any atom is -0.480 e. The van der Waals surface area contributed by atoms with Crippen LogP contribution in [-0.2, 0) is 4.79 Å². The molecule has 1 aromatic rings. The first-order chi connectivity index (χ1) is 7.93. The molecule has 0 saturated heterocycles. The van der Waals surface area contributed by atoms with Crippen molar-refractivity contribution in [2.75, 3.05) is 0 Å². The summed E-state index contributed by atoms with van der Waals surface area (Å²) in [4.78, 5) is 15.3. The van der Waals surface area contributed by atoms with Gasteiger partial charge in [-0.05, 0) is 25.0 Å². The van der Waals surface area contributed by atoms with Gasteiger partial charge >= 0.3 is 5.97 Å². The molecule has 0 aliphatic rings. The lowest BCUT2D eigenvalue weighted by Gasteiger charge is -2.15. The molecule has 0 radical (unpaired) electrons. The minimum absolute atomic E-state index is 0.00495. The molecule has 0 spiro atoms. The smallest absolute Gasteiger partial charge is 0.317 e. The Bertz CT molecular complexity index is 466. The number of hydrogen-bond donors (Lipinski definition) is 1. The zero-order valence-corrected chi connectivity index (χ0v) is 10.8. The molecule has 1 N–H and O–H groups in total. The third-order valence-electron chi connectivity index (χ3n) is 2.16. The number of thioether (sulfide) groups is 1. The number of nitriles is 1. The highest BCUT2D eigenvalue weighted by atomic mass is 32.2. The number of carboxylic acid groups (broad SMARTS) is 1. The van der Waals surface area contributed by atoms with Crippen LogP contribution in [0.25, 0.3) is 0 Å². The third kappa shape index (κ3) is 3.75. The Morgan fingerprint density at radius 2 is 2.18 bits per heavy atom. The van der Waals surface area contributed by atoms with Crippen molar-refractivity contribution in [1.82, 2.24) is 4.98 Å². The van der Waals surface area contributed by atoms with Crippen molar-refractivity contribution >= 4 is 17.7 Å². The summed E-state index contributed by atoms with van der Waals surface area (Å²) in [7, 11) is 0. The van der Waals surface area contributed by atoms with Crippen LogP contribution in [0.15, 0.2) is 17.2 Å². The summed E-state index contributed by atoms with van der Waals surface area (Å²) < 4.78 is 0. The zero-order chi connectivity index (χ0) is 13.0. The van der Waals surface area contributed by atoms with Crippen molar-refractivity contribution in [3.63, 3.8) is 0 Å². The van der Waals surface area contributed by atoms with Crippen LogP contribution in [0.5, 0.6) is 0 Å². The normalized spacial score (nSPS) is 12.2. The van der Waals surface area contributed by atoms with Gasteiger partial charge in [-0.1, -0.05) is 25.6 Å². The third-order valence-corrected chi connectivity index (χ3v) is 3.61. The van der Waals surface area contributed by atoms with E-state index in [-0.39, 0.29) is 5.92 Å². The number of carboxylic acids is 1. The summed E-state index contributed by atoms with van der Waals surface area (Å²) in [6.45, 7) is 5.50. The van der Waals surface area contributed by atoms with Crippen molar-refractivity contribution in [2.24, 2.45) is 5.92 Å². The molecule has 5 heteroatoms. The van der Waals surface area contributed by atoms with Crippen molar-refractivity contribution in [2.45, 2.75) is 31.0 Å². The van der Waals surface area contributed by atoms with Crippen LogP contribution in [0.4, 0.5) is 0 Å². The van der Waals surface area contributed by atoms with Crippen LogP contribution in [0.3, 0.4) is 0 Å². The second-order valence-corrected chi connectivity index (χ2v) is 5.23. The monoisotopic (exact) mass is 250 g/mol. The molecule has 0 aliphatic heterocycles. The minimum atomic E-state index is -0.855. The Labute approximate surface area is 105 Å². The maximum Gasteiger partial charge on any atom is 0.317 e. The van der Waals surface area contributed by atoms with E-state index in [4.69, 9.17) is 10.4 Å². The number of pyridine rings is 1. The summed E-state index contributed by atoms with van der Waals surface area (Å²) in [5.41, 5.74) is 1.23. The van der Waals surface area contributed by atoms with Gasteiger partial charge in [-0.15, -0.1) is 0 Å². The SMILES string of the molecule is Cc1cc(C#N)cc(SC(C(=O)O)C(C)C)n1. The average molecular weight is 250 g/mol. The molecule has 1 heterocycles. The van der Waals surface area contributed by atoms with E-state index in [1.807, 2.05) is 19.9 Å². The standard InChI is InChI=1S/C12H14N2O2S/c1-7(2)11(12(15)16)17-10-5-9(6-13)4-8(3)14-10/h4-5,7,11H,1-3H3,(H,15,16). The molecule has 0 amide bonds. The van der Waals surface area contributed by atoms with E-state index in [0.29, 0.717) is 10.6 Å². The lowest BCUT2D eigenvalue weighted by molar-refractivity contribution is -0.137. The van der Waals surface area contributed by atoms with Crippen LogP contribution in [0.1, 0.15) is 25.1 Å². The van der Waals surface area contributed by atoms with E-state index in [9.17, 15) is 4.79 Å². The van der Waals surface area contributed by atoms with Gasteiger partial charge < -0.3 is 5.11 Å². The predicted molar refractivity (Wildman–Crippen MR) is 65.8 cm³/mol. The average Bonchev–Trinajstić information content (AvgIpc) is 2.24. The molecule has 4 nitrogen and oxygen atoms in total. The van der Waals surface area contributed by atoms with Crippen LogP contribution in [0.2, 0.25) is 0 Å². The van der Waals surface area contributed by atoms with Gasteiger partial charge in [-0.3, -0.25) is 4.79 Å². The summed E-state index contributed by atoms with van der Waals surface area (Å²) in [5.74, 6) is -0.850. The van der Waals surface area contributed by atoms with E-state index in [2.05, 4.69) is 4.98 Å². The van der Waals surface area contributed by atoms with Crippen molar-refractivity contribution in [1.29, 1.82) is 5.26 Å². The Morgan fingerprint density at radius 1 is 1.53 bits per heavy atom. The molecule has 90 valence electrons. The quantitative estimate of drug-likeness (QED) is 0.831. The summed E-state index contributed by atoms with van der Waals surface area (Å²) in [5, 5.41) is 18.0. The number of aromatic nitrogens is 1. The second kappa shape index (κ2) is 5.69. The van der Waals surface area contributed by atoms with Gasteiger partial charge in [0.25, 0.3) is 0 Å². The summed E-state index contributed by atoms with van der Waals surface area (Å²) in [6, 6.07) is 5.34. The van der Waals surface area contributed by atoms with Crippen LogP contribution in [-0.4, -0.2) is 21.3 Å². The number of rotatable bonds is 4. The van der Waals surface area contributed by atoms with Crippen molar-refractivity contribution < 1.29 is 9.90 Å². The van der Waals surface area contributed by atoms with E-state index >= 15 is 0 Å². The first-order valence-electron chi connectivity index (χ1n) is 5.22. The maximum absolute atomic E-state index is 11.1. The molecule has 1 atom stereocenters. The van der Waals surface area contributed by atoms with E-state index in [1.165, 1.54) is 11.8 Å². The molecule has 0 saturated carbocycles. The molecular formula is C12H14N2O2S. The Morgan fingerprint density at radius 3 is 2.65 bits per heavy atom. The fraction of sp³-hybridized carbons (Fsp3) is 0.417. The van der Waals surface area contributed by atoms with Gasteiger partial charge in [0.1, 0.15) is 5.25 Å². The molecule has 1 aromatic heterocycles. The van der Waals surface area contributed by atoms with Gasteiger partial charge in [0, 0.05) is 5.69 Å². The number of carbonyl (C=O) groups is 1. The topological polar surface area (TPSA) is 74.0 Å². The summed E-state index contributed by atoms with van der Waals surface area (Å²) in [6.07, 6.45) is 0. The van der Waals surface area contributed by atoms with Gasteiger partial charge in [-0.2, -0.15) is 5.26 Å². The Balaban J connectivity index is 2.98. The summed E-state index contributed by atoms with van der Waals surface area (Å²) >= 11 is 1.19. The van der Waals surface area contributed by atoms with Crippen LogP contribution in [0, 0.1) is 24.2 Å². The lowest BCUT2D eigenvalue weighted by atomic mass is 10.1. The van der Waals surface area contributed by atoms with Gasteiger partial charge in [-0.25, -0.2) is 4.98 Å². The first-order valence-corrected chi connectivity index (χ1v) is 6.10. The van der Waals surface area contributed by atoms with Crippen molar-refractivity contribution in [3.05, 3.63) is 23.4 Å². The van der Waals surface area contributed by atoms with E-state index in [0.717, 1.165) is 5.69 Å². The fourth-order valence-corrected chi connectivity index (χ4v) is 2.39. The molecule has 1 rings (SSSR count). The fourth-order valence-electron chi connectivity index (χ4n) is 1.36. The molecular weight excluding hydrogens is 236 g/mol. The van der Waals surface area contributed by atoms with Crippen LogP contribution < -0.4 is 0 Å². The number of hydrogen-bond acceptors (Lipinski definition) is 4. The zero-order valence-electron chi connectivity index (χ0n) is 9.97. The highest BCUT2D eigenvalue weighted by molar-refractivity contribution is 8.00.